The lowest BCUT2D eigenvalue weighted by Gasteiger charge is -2.11. The first-order valence-electron chi connectivity index (χ1n) is 6.59. The normalized spacial score (nSPS) is 16.1. The number of benzene rings is 2. The van der Waals surface area contributed by atoms with Gasteiger partial charge in [-0.15, -0.1) is 0 Å². The first-order valence-corrected chi connectivity index (χ1v) is 6.97. The molecule has 0 amide bonds. The van der Waals surface area contributed by atoms with Crippen LogP contribution in [-0.4, -0.2) is 18.7 Å². The molecule has 0 saturated heterocycles. The minimum atomic E-state index is -0.455. The van der Waals surface area contributed by atoms with Gasteiger partial charge in [-0.25, -0.2) is 4.79 Å². The quantitative estimate of drug-likeness (QED) is 0.699. The maximum absolute atomic E-state index is 12.0. The largest absolute Gasteiger partial charge is 0.486 e. The van der Waals surface area contributed by atoms with Gasteiger partial charge in [0.05, 0.1) is 5.56 Å². The fourth-order valence-electron chi connectivity index (χ4n) is 2.33. The Morgan fingerprint density at radius 1 is 1.33 bits per heavy atom. The summed E-state index contributed by atoms with van der Waals surface area (Å²) in [5.41, 5.74) is 7.56. The SMILES string of the molecule is Nc1cc(Cl)cc(C(=O)OCC2Cc3ccccc3O2)c1. The molecule has 1 aliphatic heterocycles. The molecule has 108 valence electrons. The van der Waals surface area contributed by atoms with Crippen LogP contribution in [0.4, 0.5) is 5.69 Å². The van der Waals surface area contributed by atoms with E-state index in [2.05, 4.69) is 0 Å². The maximum atomic E-state index is 12.0. The average molecular weight is 304 g/mol. The average Bonchev–Trinajstić information content (AvgIpc) is 2.86. The molecule has 0 aliphatic carbocycles. The number of nitrogens with two attached hydrogens (primary N) is 1. The van der Waals surface area contributed by atoms with Gasteiger partial charge in [0.25, 0.3) is 0 Å². The van der Waals surface area contributed by atoms with E-state index in [1.165, 1.54) is 6.07 Å². The molecule has 2 N–H and O–H groups in total. The summed E-state index contributed by atoms with van der Waals surface area (Å²) in [5, 5.41) is 0.409. The number of para-hydroxylation sites is 1. The molecule has 1 atom stereocenters. The van der Waals surface area contributed by atoms with E-state index < -0.39 is 5.97 Å². The molecule has 3 rings (SSSR count). The Morgan fingerprint density at radius 2 is 2.14 bits per heavy atom. The van der Waals surface area contributed by atoms with Gasteiger partial charge in [0.15, 0.2) is 0 Å². The second-order valence-electron chi connectivity index (χ2n) is 4.92. The van der Waals surface area contributed by atoms with E-state index in [4.69, 9.17) is 26.8 Å². The van der Waals surface area contributed by atoms with Gasteiger partial charge in [0, 0.05) is 17.1 Å². The lowest BCUT2D eigenvalue weighted by Crippen LogP contribution is -2.23. The summed E-state index contributed by atoms with van der Waals surface area (Å²) >= 11 is 5.87. The third kappa shape index (κ3) is 3.11. The predicted octanol–water partition coefficient (Wildman–Crippen LogP) is 3.08. The van der Waals surface area contributed by atoms with E-state index in [0.29, 0.717) is 16.3 Å². The molecular formula is C16H14ClNO3. The zero-order chi connectivity index (χ0) is 14.8. The zero-order valence-electron chi connectivity index (χ0n) is 11.2. The van der Waals surface area contributed by atoms with Crippen molar-refractivity contribution in [3.8, 4) is 5.75 Å². The Morgan fingerprint density at radius 3 is 2.90 bits per heavy atom. The third-order valence-corrected chi connectivity index (χ3v) is 3.49. The van der Waals surface area contributed by atoms with Crippen LogP contribution in [0.2, 0.25) is 5.02 Å². The van der Waals surface area contributed by atoms with Gasteiger partial charge in [-0.2, -0.15) is 0 Å². The Kier molecular flexibility index (Phi) is 3.71. The fraction of sp³-hybridized carbons (Fsp3) is 0.188. The zero-order valence-corrected chi connectivity index (χ0v) is 12.0. The summed E-state index contributed by atoms with van der Waals surface area (Å²) < 4.78 is 11.0. The van der Waals surface area contributed by atoms with Crippen molar-refractivity contribution < 1.29 is 14.3 Å². The summed E-state index contributed by atoms with van der Waals surface area (Å²) in [5.74, 6) is 0.398. The summed E-state index contributed by atoms with van der Waals surface area (Å²) in [6.45, 7) is 0.194. The lowest BCUT2D eigenvalue weighted by atomic mass is 10.1. The highest BCUT2D eigenvalue weighted by Gasteiger charge is 2.24. The highest BCUT2D eigenvalue weighted by Crippen LogP contribution is 2.28. The topological polar surface area (TPSA) is 61.6 Å². The molecule has 5 heteroatoms. The predicted molar refractivity (Wildman–Crippen MR) is 80.7 cm³/mol. The van der Waals surface area contributed by atoms with E-state index in [0.717, 1.165) is 17.7 Å². The van der Waals surface area contributed by atoms with Crippen molar-refractivity contribution in [1.29, 1.82) is 0 Å². The molecule has 1 unspecified atom stereocenters. The highest BCUT2D eigenvalue weighted by molar-refractivity contribution is 6.31. The van der Waals surface area contributed by atoms with Gasteiger partial charge in [-0.1, -0.05) is 29.8 Å². The molecule has 0 aromatic heterocycles. The maximum Gasteiger partial charge on any atom is 0.338 e. The van der Waals surface area contributed by atoms with Gasteiger partial charge < -0.3 is 15.2 Å². The Balaban J connectivity index is 1.60. The van der Waals surface area contributed by atoms with Gasteiger partial charge >= 0.3 is 5.97 Å². The molecule has 1 aliphatic rings. The number of ether oxygens (including phenoxy) is 2. The monoisotopic (exact) mass is 303 g/mol. The number of hydrogen-bond acceptors (Lipinski definition) is 4. The second kappa shape index (κ2) is 5.66. The van der Waals surface area contributed by atoms with Crippen LogP contribution in [0.3, 0.4) is 0 Å². The molecule has 0 bridgehead atoms. The van der Waals surface area contributed by atoms with Crippen molar-refractivity contribution >= 4 is 23.3 Å². The molecule has 1 heterocycles. The van der Waals surface area contributed by atoms with Gasteiger partial charge in [-0.05, 0) is 29.8 Å². The van der Waals surface area contributed by atoms with E-state index >= 15 is 0 Å². The van der Waals surface area contributed by atoms with Crippen molar-refractivity contribution in [3.63, 3.8) is 0 Å². The van der Waals surface area contributed by atoms with Crippen LogP contribution in [0, 0.1) is 0 Å². The Bertz CT molecular complexity index is 642. The molecule has 0 saturated carbocycles. The number of halogens is 1. The van der Waals surface area contributed by atoms with Crippen LogP contribution in [0.5, 0.6) is 5.75 Å². The van der Waals surface area contributed by atoms with Gasteiger partial charge in [-0.3, -0.25) is 0 Å². The summed E-state index contributed by atoms with van der Waals surface area (Å²) in [4.78, 5) is 12.0. The first-order chi connectivity index (χ1) is 10.1. The Hall–Kier alpha value is -2.20. The van der Waals surface area contributed by atoms with Crippen molar-refractivity contribution in [2.45, 2.75) is 12.5 Å². The lowest BCUT2D eigenvalue weighted by molar-refractivity contribution is 0.0347. The molecule has 2 aromatic carbocycles. The van der Waals surface area contributed by atoms with Crippen molar-refractivity contribution in [3.05, 3.63) is 58.6 Å². The number of carbonyl (C=O) groups excluding carboxylic acids is 1. The number of nitrogen functional groups attached to an aromatic ring is 1. The van der Waals surface area contributed by atoms with Crippen molar-refractivity contribution in [2.24, 2.45) is 0 Å². The van der Waals surface area contributed by atoms with Crippen LogP contribution < -0.4 is 10.5 Å². The molecule has 2 aromatic rings. The first kappa shape index (κ1) is 13.8. The van der Waals surface area contributed by atoms with E-state index in [9.17, 15) is 4.79 Å². The van der Waals surface area contributed by atoms with Crippen LogP contribution >= 0.6 is 11.6 Å². The summed E-state index contributed by atoms with van der Waals surface area (Å²) in [6, 6.07) is 12.5. The van der Waals surface area contributed by atoms with Gasteiger partial charge in [0.2, 0.25) is 0 Å². The van der Waals surface area contributed by atoms with Crippen LogP contribution in [-0.2, 0) is 11.2 Å². The number of carbonyl (C=O) groups is 1. The number of esters is 1. The molecule has 0 fully saturated rings. The number of fused-ring (bicyclic) bond motifs is 1. The number of rotatable bonds is 3. The minimum absolute atomic E-state index is 0.150. The standard InChI is InChI=1S/C16H14ClNO3/c17-12-5-11(6-13(18)8-12)16(19)20-9-14-7-10-3-1-2-4-15(10)21-14/h1-6,8,14H,7,9,18H2. The molecule has 21 heavy (non-hydrogen) atoms. The number of anilines is 1. The fourth-order valence-corrected chi connectivity index (χ4v) is 2.57. The van der Waals surface area contributed by atoms with Crippen molar-refractivity contribution in [1.82, 2.24) is 0 Å². The van der Waals surface area contributed by atoms with E-state index in [1.54, 1.807) is 12.1 Å². The van der Waals surface area contributed by atoms with Crippen molar-refractivity contribution in [2.75, 3.05) is 12.3 Å². The molecule has 4 nitrogen and oxygen atoms in total. The van der Waals surface area contributed by atoms with E-state index in [-0.39, 0.29) is 12.7 Å². The highest BCUT2D eigenvalue weighted by atomic mass is 35.5. The van der Waals surface area contributed by atoms with Crippen LogP contribution in [0.1, 0.15) is 15.9 Å². The Labute approximate surface area is 127 Å². The van der Waals surface area contributed by atoms with Crippen LogP contribution in [0.25, 0.3) is 0 Å². The number of hydrogen-bond donors (Lipinski definition) is 1. The van der Waals surface area contributed by atoms with E-state index in [1.807, 2.05) is 24.3 Å². The third-order valence-electron chi connectivity index (χ3n) is 3.27. The second-order valence-corrected chi connectivity index (χ2v) is 5.36. The molecule has 0 spiro atoms. The van der Waals surface area contributed by atoms with Gasteiger partial charge in [0.1, 0.15) is 18.5 Å². The minimum Gasteiger partial charge on any atom is -0.486 e. The molecule has 0 radical (unpaired) electrons. The molecular weight excluding hydrogens is 290 g/mol. The summed E-state index contributed by atoms with van der Waals surface area (Å²) in [7, 11) is 0. The van der Waals surface area contributed by atoms with Crippen LogP contribution in [0.15, 0.2) is 42.5 Å². The smallest absolute Gasteiger partial charge is 0.338 e. The summed E-state index contributed by atoms with van der Waals surface area (Å²) in [6.07, 6.45) is 0.587.